The molecule has 0 aliphatic carbocycles. The van der Waals surface area contributed by atoms with Crippen LogP contribution in [0.1, 0.15) is 19.4 Å². The van der Waals surface area contributed by atoms with E-state index in [1.807, 2.05) is 0 Å². The maximum absolute atomic E-state index is 6.99. The van der Waals surface area contributed by atoms with Crippen LogP contribution in [0.15, 0.2) is 115 Å². The first-order valence-corrected chi connectivity index (χ1v) is 16.1. The fourth-order valence-electron chi connectivity index (χ4n) is 7.67. The van der Waals surface area contributed by atoms with E-state index in [9.17, 15) is 0 Å². The number of pyridine rings is 1. The average Bonchev–Trinajstić information content (AvgIpc) is 3.48. The molecule has 7 aromatic rings. The number of benzene rings is 4. The van der Waals surface area contributed by atoms with Crippen LogP contribution in [0.5, 0.6) is 11.5 Å². The van der Waals surface area contributed by atoms with Crippen LogP contribution < -0.4 is 19.5 Å². The van der Waals surface area contributed by atoms with Gasteiger partial charge in [-0.05, 0) is 74.5 Å². The van der Waals surface area contributed by atoms with Gasteiger partial charge in [0.2, 0.25) is 0 Å². The number of hydrogen-bond donors (Lipinski definition) is 1. The van der Waals surface area contributed by atoms with Crippen LogP contribution in [0.2, 0.25) is 0 Å². The number of ether oxygens (including phenoxy) is 1. The summed E-state index contributed by atoms with van der Waals surface area (Å²) in [5.41, 5.74) is 7.14. The minimum atomic E-state index is -2.55. The first kappa shape index (κ1) is 22.7. The maximum Gasteiger partial charge on any atom is 0.298 e. The van der Waals surface area contributed by atoms with Crippen molar-refractivity contribution in [1.29, 1.82) is 0 Å². The highest BCUT2D eigenvalue weighted by molar-refractivity contribution is 7.77. The van der Waals surface area contributed by atoms with Gasteiger partial charge in [-0.15, -0.1) is 0 Å². The van der Waals surface area contributed by atoms with Gasteiger partial charge in [0.15, 0.2) is 7.19 Å². The Morgan fingerprint density at radius 1 is 0.762 bits per heavy atom. The Morgan fingerprint density at radius 2 is 1.52 bits per heavy atom. The van der Waals surface area contributed by atoms with E-state index < -0.39 is 7.19 Å². The summed E-state index contributed by atoms with van der Waals surface area (Å²) in [5.74, 6) is 2.89. The molecule has 3 aliphatic heterocycles. The van der Waals surface area contributed by atoms with Crippen LogP contribution in [0.25, 0.3) is 55.3 Å². The fourth-order valence-corrected chi connectivity index (χ4v) is 11.7. The molecule has 0 radical (unpaired) electrons. The van der Waals surface area contributed by atoms with E-state index in [0.717, 1.165) is 23.0 Å². The normalized spacial score (nSPS) is 19.1. The van der Waals surface area contributed by atoms with Crippen molar-refractivity contribution >= 4 is 67.3 Å². The maximum atomic E-state index is 6.99. The zero-order valence-electron chi connectivity index (χ0n) is 23.2. The molecule has 0 saturated heterocycles. The van der Waals surface area contributed by atoms with Gasteiger partial charge in [0.25, 0.3) is 5.65 Å². The van der Waals surface area contributed by atoms with Crippen molar-refractivity contribution in [3.63, 3.8) is 0 Å². The second-order valence-electron chi connectivity index (χ2n) is 11.3. The number of nitrogens with zero attached hydrogens (tertiary/aromatic N) is 3. The van der Waals surface area contributed by atoms with Crippen molar-refractivity contribution in [2.45, 2.75) is 13.8 Å². The second kappa shape index (κ2) is 7.64. The van der Waals surface area contributed by atoms with Crippen LogP contribution in [0, 0.1) is 0 Å². The lowest BCUT2D eigenvalue weighted by Crippen LogP contribution is -2.48. The molecule has 0 amide bonds. The van der Waals surface area contributed by atoms with Crippen molar-refractivity contribution in [2.75, 3.05) is 0 Å². The Labute approximate surface area is 242 Å². The van der Waals surface area contributed by atoms with Crippen molar-refractivity contribution in [3.8, 4) is 17.2 Å². The van der Waals surface area contributed by atoms with Crippen molar-refractivity contribution < 1.29 is 9.07 Å². The molecule has 1 atom stereocenters. The summed E-state index contributed by atoms with van der Waals surface area (Å²) in [6.45, 7) is 4.40. The minimum absolute atomic E-state index is 0.900. The molecule has 6 heteroatoms. The van der Waals surface area contributed by atoms with Gasteiger partial charge in [0.05, 0.1) is 28.2 Å². The van der Waals surface area contributed by atoms with Gasteiger partial charge in [-0.1, -0.05) is 48.6 Å². The third-order valence-corrected chi connectivity index (χ3v) is 13.1. The summed E-state index contributed by atoms with van der Waals surface area (Å²) in [6.07, 6.45) is 8.74. The lowest BCUT2D eigenvalue weighted by molar-refractivity contribution is -0.485. The highest BCUT2D eigenvalue weighted by Crippen LogP contribution is 2.57. The SMILES string of the molecule is CC=CC=C1NP23=C(C)c4c(cccc4-n4c5ccccc5c5ccc[n+]2c54)Oc2ccc4c5ccccc5n1c4c23. The molecule has 1 unspecified atom stereocenters. The molecule has 1 spiro atoms. The summed E-state index contributed by atoms with van der Waals surface area (Å²) in [5, 5.41) is 11.8. The van der Waals surface area contributed by atoms with Crippen LogP contribution in [-0.4, -0.2) is 14.4 Å². The van der Waals surface area contributed by atoms with Crippen LogP contribution in [0.4, 0.5) is 0 Å². The lowest BCUT2D eigenvalue weighted by atomic mass is 10.1. The van der Waals surface area contributed by atoms with E-state index >= 15 is 0 Å². The highest BCUT2D eigenvalue weighted by atomic mass is 31.2. The third kappa shape index (κ3) is 2.43. The molecule has 5 nitrogen and oxygen atoms in total. The van der Waals surface area contributed by atoms with Gasteiger partial charge in [0, 0.05) is 21.5 Å². The summed E-state index contributed by atoms with van der Waals surface area (Å²) >= 11 is 0. The first-order valence-electron chi connectivity index (χ1n) is 14.4. The Kier molecular flexibility index (Phi) is 4.12. The third-order valence-electron chi connectivity index (χ3n) is 9.29. The van der Waals surface area contributed by atoms with Crippen LogP contribution in [0.3, 0.4) is 0 Å². The smallest absolute Gasteiger partial charge is 0.298 e. The molecule has 1 N–H and O–H groups in total. The quantitative estimate of drug-likeness (QED) is 0.207. The number of aromatic nitrogens is 3. The zero-order chi connectivity index (χ0) is 27.7. The molecular weight excluding hydrogens is 535 g/mol. The number of allylic oxidation sites excluding steroid dienone is 3. The Morgan fingerprint density at radius 3 is 2.36 bits per heavy atom. The Balaban J connectivity index is 1.55. The minimum Gasteiger partial charge on any atom is -0.456 e. The van der Waals surface area contributed by atoms with Crippen LogP contribution >= 0.6 is 7.19 Å². The predicted octanol–water partition coefficient (Wildman–Crippen LogP) is 7.84. The predicted molar refractivity (Wildman–Crippen MR) is 174 cm³/mol. The number of nitrogens with one attached hydrogen (secondary N) is 1. The highest BCUT2D eigenvalue weighted by Gasteiger charge is 2.48. The number of para-hydroxylation sites is 2. The first-order chi connectivity index (χ1) is 20.7. The molecule has 10 rings (SSSR count). The van der Waals surface area contributed by atoms with E-state index in [1.54, 1.807) is 0 Å². The van der Waals surface area contributed by atoms with E-state index in [0.29, 0.717) is 0 Å². The summed E-state index contributed by atoms with van der Waals surface area (Å²) in [6, 6.07) is 32.9. The van der Waals surface area contributed by atoms with Crippen molar-refractivity contribution in [3.05, 3.63) is 121 Å². The number of hydrogen-bond acceptors (Lipinski definition) is 2. The molecule has 6 heterocycles. The molecule has 0 saturated carbocycles. The summed E-state index contributed by atoms with van der Waals surface area (Å²) in [4.78, 5) is 0. The lowest BCUT2D eigenvalue weighted by Gasteiger charge is -2.35. The molecule has 4 aromatic carbocycles. The molecule has 200 valence electrons. The van der Waals surface area contributed by atoms with Gasteiger partial charge in [0.1, 0.15) is 33.8 Å². The monoisotopic (exact) mass is 561 g/mol. The summed E-state index contributed by atoms with van der Waals surface area (Å²) < 4.78 is 14.4. The van der Waals surface area contributed by atoms with Gasteiger partial charge in [-0.3, -0.25) is 4.57 Å². The van der Waals surface area contributed by atoms with E-state index in [1.165, 1.54) is 59.9 Å². The molecule has 42 heavy (non-hydrogen) atoms. The average molecular weight is 562 g/mol. The molecule has 3 aliphatic rings. The molecule has 3 aromatic heterocycles. The van der Waals surface area contributed by atoms with Crippen molar-refractivity contribution in [1.82, 2.24) is 14.2 Å². The second-order valence-corrected chi connectivity index (χ2v) is 14.3. The Hall–Kier alpha value is -4.99. The van der Waals surface area contributed by atoms with Gasteiger partial charge < -0.3 is 9.82 Å². The van der Waals surface area contributed by atoms with Gasteiger partial charge >= 0.3 is 0 Å². The number of fused-ring (bicyclic) bond motifs is 7. The number of rotatable bonds is 1. The fraction of sp³-hybridized carbons (Fsp3) is 0.0556. The molecular formula is C36H26N4OP+. The largest absolute Gasteiger partial charge is 0.456 e. The van der Waals surface area contributed by atoms with E-state index in [-0.39, 0.29) is 0 Å². The summed E-state index contributed by atoms with van der Waals surface area (Å²) in [7, 11) is -2.55. The van der Waals surface area contributed by atoms with Gasteiger partial charge in [-0.2, -0.15) is 8.90 Å². The Bertz CT molecular complexity index is 2510. The van der Waals surface area contributed by atoms with E-state index in [2.05, 4.69) is 148 Å². The van der Waals surface area contributed by atoms with E-state index in [4.69, 9.17) is 4.74 Å². The van der Waals surface area contributed by atoms with Crippen molar-refractivity contribution in [2.24, 2.45) is 0 Å². The van der Waals surface area contributed by atoms with Gasteiger partial charge in [-0.25, -0.2) is 0 Å². The van der Waals surface area contributed by atoms with Crippen LogP contribution in [-0.2, 0) is 0 Å². The molecule has 2 bridgehead atoms. The topological polar surface area (TPSA) is 35.0 Å². The zero-order valence-corrected chi connectivity index (χ0v) is 24.1. The standard InChI is InChI=1S/C36H26N4OP/c1-3-4-18-32-37-42-22(2)33-29(39-27-14-7-6-12-24(27)26-13-10-21-38(42)36(26)39)16-9-17-30(33)41-31-20-19-25-23-11-5-8-15-28(23)40(32)34(25)35(31)42/h3-21,37H,1-2H3/q+1. The molecule has 0 fully saturated rings.